The van der Waals surface area contributed by atoms with Gasteiger partial charge < -0.3 is 14.8 Å². The third-order valence-electron chi connectivity index (χ3n) is 3.64. The van der Waals surface area contributed by atoms with Gasteiger partial charge in [0.05, 0.1) is 24.7 Å². The molecular weight excluding hydrogens is 388 g/mol. The van der Waals surface area contributed by atoms with E-state index in [1.54, 1.807) is 48.5 Å². The quantitative estimate of drug-likeness (QED) is 0.617. The van der Waals surface area contributed by atoms with Gasteiger partial charge in [-0.1, -0.05) is 23.7 Å². The Balaban J connectivity index is 1.82. The molecule has 1 aliphatic heterocycles. The molecule has 0 saturated carbocycles. The lowest BCUT2D eigenvalue weighted by molar-refractivity contribution is -0.115. The summed E-state index contributed by atoms with van der Waals surface area (Å²) in [5.41, 5.74) is 1.75. The molecule has 0 aromatic heterocycles. The Morgan fingerprint density at radius 1 is 1.19 bits per heavy atom. The van der Waals surface area contributed by atoms with E-state index in [-0.39, 0.29) is 5.91 Å². The van der Waals surface area contributed by atoms with E-state index in [1.807, 2.05) is 0 Å². The Hall–Kier alpha value is -2.77. The zero-order valence-electron chi connectivity index (χ0n) is 14.5. The smallest absolute Gasteiger partial charge is 0.337 e. The van der Waals surface area contributed by atoms with Crippen LogP contribution in [0.4, 0.5) is 5.69 Å². The standard InChI is InChI=1S/C19H15ClN2O4S/c1-25-15-8-7-13(20)10-14(15)21-19-22-17(23)16(27-19)9-11-3-5-12(6-4-11)18(24)26-2/h3-10H,1-2H3,(H,21,22,23)/b16-9-. The molecule has 3 rings (SSSR count). The van der Waals surface area contributed by atoms with Crippen LogP contribution in [0.2, 0.25) is 5.02 Å². The fourth-order valence-corrected chi connectivity index (χ4v) is 3.33. The van der Waals surface area contributed by atoms with Crippen molar-refractivity contribution >= 4 is 52.2 Å². The highest BCUT2D eigenvalue weighted by Gasteiger charge is 2.24. The molecule has 0 atom stereocenters. The van der Waals surface area contributed by atoms with Crippen molar-refractivity contribution < 1.29 is 19.1 Å². The van der Waals surface area contributed by atoms with Gasteiger partial charge >= 0.3 is 5.97 Å². The average molecular weight is 403 g/mol. The second-order valence-corrected chi connectivity index (χ2v) is 6.88. The minimum atomic E-state index is -0.410. The summed E-state index contributed by atoms with van der Waals surface area (Å²) in [5, 5.41) is 3.66. The maximum absolute atomic E-state index is 12.2. The number of hydrogen-bond donors (Lipinski definition) is 1. The van der Waals surface area contributed by atoms with Crippen molar-refractivity contribution in [3.05, 3.63) is 63.5 Å². The van der Waals surface area contributed by atoms with E-state index in [1.165, 1.54) is 26.0 Å². The number of carbonyl (C=O) groups excluding carboxylic acids is 2. The number of esters is 1. The summed E-state index contributed by atoms with van der Waals surface area (Å²) in [5.74, 6) is -0.110. The first-order valence-corrected chi connectivity index (χ1v) is 9.01. The molecule has 2 aromatic carbocycles. The predicted octanol–water partition coefficient (Wildman–Crippen LogP) is 4.03. The van der Waals surface area contributed by atoms with Crippen LogP contribution in [-0.4, -0.2) is 31.3 Å². The summed E-state index contributed by atoms with van der Waals surface area (Å²) in [4.78, 5) is 28.6. The fourth-order valence-electron chi connectivity index (χ4n) is 2.33. The summed E-state index contributed by atoms with van der Waals surface area (Å²) in [7, 11) is 2.87. The van der Waals surface area contributed by atoms with Crippen LogP contribution in [0.15, 0.2) is 52.4 Å². The summed E-state index contributed by atoms with van der Waals surface area (Å²) in [6.07, 6.45) is 1.72. The number of hydrogen-bond acceptors (Lipinski definition) is 6. The van der Waals surface area contributed by atoms with Crippen LogP contribution in [0.3, 0.4) is 0 Å². The first-order chi connectivity index (χ1) is 13.0. The molecule has 0 radical (unpaired) electrons. The number of thioether (sulfide) groups is 1. The SMILES string of the molecule is COC(=O)c1ccc(/C=C2\SC(=Nc3cc(Cl)ccc3OC)NC2=O)cc1. The molecule has 2 aromatic rings. The highest BCUT2D eigenvalue weighted by Crippen LogP contribution is 2.34. The van der Waals surface area contributed by atoms with E-state index in [2.05, 4.69) is 15.0 Å². The maximum Gasteiger partial charge on any atom is 0.337 e. The fraction of sp³-hybridized carbons (Fsp3) is 0.105. The molecule has 0 spiro atoms. The zero-order chi connectivity index (χ0) is 19.4. The largest absolute Gasteiger partial charge is 0.494 e. The Kier molecular flexibility index (Phi) is 5.83. The number of amides is 1. The molecule has 8 heteroatoms. The van der Waals surface area contributed by atoms with Crippen LogP contribution in [0, 0.1) is 0 Å². The molecule has 1 saturated heterocycles. The molecule has 0 bridgehead atoms. The predicted molar refractivity (Wildman–Crippen MR) is 107 cm³/mol. The molecule has 27 heavy (non-hydrogen) atoms. The summed E-state index contributed by atoms with van der Waals surface area (Å²) in [6.45, 7) is 0. The van der Waals surface area contributed by atoms with Gasteiger partial charge in [0.1, 0.15) is 11.4 Å². The Bertz CT molecular complexity index is 955. The second kappa shape index (κ2) is 8.28. The Morgan fingerprint density at radius 2 is 1.93 bits per heavy atom. The number of aliphatic imine (C=N–C) groups is 1. The number of ether oxygens (including phenoxy) is 2. The molecule has 0 aliphatic carbocycles. The van der Waals surface area contributed by atoms with Crippen molar-refractivity contribution in [2.75, 3.05) is 14.2 Å². The lowest BCUT2D eigenvalue weighted by Crippen LogP contribution is -2.19. The third-order valence-corrected chi connectivity index (χ3v) is 4.79. The maximum atomic E-state index is 12.2. The minimum absolute atomic E-state index is 0.253. The van der Waals surface area contributed by atoms with E-state index < -0.39 is 5.97 Å². The van der Waals surface area contributed by atoms with Crippen molar-refractivity contribution in [3.8, 4) is 5.75 Å². The first kappa shape index (κ1) is 19.0. The van der Waals surface area contributed by atoms with Gasteiger partial charge in [-0.2, -0.15) is 0 Å². The Labute approximate surface area is 165 Å². The van der Waals surface area contributed by atoms with Crippen LogP contribution in [0.5, 0.6) is 5.75 Å². The van der Waals surface area contributed by atoms with Crippen molar-refractivity contribution in [3.63, 3.8) is 0 Å². The van der Waals surface area contributed by atoms with Gasteiger partial charge in [0.15, 0.2) is 5.17 Å². The van der Waals surface area contributed by atoms with Crippen molar-refractivity contribution in [2.24, 2.45) is 4.99 Å². The van der Waals surface area contributed by atoms with Crippen LogP contribution in [-0.2, 0) is 9.53 Å². The van der Waals surface area contributed by atoms with Crippen LogP contribution in [0.1, 0.15) is 15.9 Å². The van der Waals surface area contributed by atoms with Gasteiger partial charge in [-0.25, -0.2) is 9.79 Å². The molecular formula is C19H15ClN2O4S. The number of nitrogens with one attached hydrogen (secondary N) is 1. The summed E-state index contributed by atoms with van der Waals surface area (Å²) >= 11 is 7.21. The molecule has 1 amide bonds. The van der Waals surface area contributed by atoms with Crippen molar-refractivity contribution in [1.82, 2.24) is 5.32 Å². The number of halogens is 1. The first-order valence-electron chi connectivity index (χ1n) is 7.81. The monoisotopic (exact) mass is 402 g/mol. The number of rotatable bonds is 4. The van der Waals surface area contributed by atoms with Gasteiger partial charge in [-0.3, -0.25) is 4.79 Å². The molecule has 1 heterocycles. The van der Waals surface area contributed by atoms with Gasteiger partial charge in [0.25, 0.3) is 5.91 Å². The molecule has 1 N–H and O–H groups in total. The number of amidine groups is 1. The number of methoxy groups -OCH3 is 2. The van der Waals surface area contributed by atoms with Gasteiger partial charge in [0, 0.05) is 5.02 Å². The van der Waals surface area contributed by atoms with E-state index in [0.29, 0.717) is 32.1 Å². The number of carbonyl (C=O) groups is 2. The van der Waals surface area contributed by atoms with Gasteiger partial charge in [-0.05, 0) is 53.7 Å². The average Bonchev–Trinajstić information content (AvgIpc) is 3.01. The zero-order valence-corrected chi connectivity index (χ0v) is 16.1. The molecule has 6 nitrogen and oxygen atoms in total. The third kappa shape index (κ3) is 4.50. The van der Waals surface area contributed by atoms with Crippen LogP contribution < -0.4 is 10.1 Å². The molecule has 138 valence electrons. The normalized spacial score (nSPS) is 16.5. The summed E-state index contributed by atoms with van der Waals surface area (Å²) in [6, 6.07) is 11.8. The highest BCUT2D eigenvalue weighted by molar-refractivity contribution is 8.18. The number of benzene rings is 2. The van der Waals surface area contributed by atoms with Crippen molar-refractivity contribution in [1.29, 1.82) is 0 Å². The molecule has 0 unspecified atom stereocenters. The van der Waals surface area contributed by atoms with Gasteiger partial charge in [-0.15, -0.1) is 0 Å². The van der Waals surface area contributed by atoms with Crippen molar-refractivity contribution in [2.45, 2.75) is 0 Å². The van der Waals surface area contributed by atoms with Crippen LogP contribution >= 0.6 is 23.4 Å². The lowest BCUT2D eigenvalue weighted by atomic mass is 10.1. The second-order valence-electron chi connectivity index (χ2n) is 5.41. The molecule has 1 fully saturated rings. The Morgan fingerprint density at radius 3 is 2.59 bits per heavy atom. The molecule has 1 aliphatic rings. The minimum Gasteiger partial charge on any atom is -0.494 e. The lowest BCUT2D eigenvalue weighted by Gasteiger charge is -2.05. The number of nitrogens with zero attached hydrogens (tertiary/aromatic N) is 1. The highest BCUT2D eigenvalue weighted by atomic mass is 35.5. The van der Waals surface area contributed by atoms with Gasteiger partial charge in [0.2, 0.25) is 0 Å². The summed E-state index contributed by atoms with van der Waals surface area (Å²) < 4.78 is 9.93. The van der Waals surface area contributed by atoms with E-state index >= 15 is 0 Å². The topological polar surface area (TPSA) is 77.0 Å². The van der Waals surface area contributed by atoms with E-state index in [9.17, 15) is 9.59 Å². The van der Waals surface area contributed by atoms with E-state index in [0.717, 1.165) is 5.56 Å². The van der Waals surface area contributed by atoms with E-state index in [4.69, 9.17) is 16.3 Å². The van der Waals surface area contributed by atoms with Crippen LogP contribution in [0.25, 0.3) is 6.08 Å².